The van der Waals surface area contributed by atoms with Crippen LogP contribution in [0.1, 0.15) is 44.2 Å². The third kappa shape index (κ3) is 6.45. The Hall–Kier alpha value is -2.61. The largest absolute Gasteiger partial charge is 0.497 e. The SMILES string of the molecule is CCCCN1C(=O)CC[C@@H](C(=O)OCC(=O)NCCOC)[C@@H]1c1ccc(OC)cc1. The van der Waals surface area contributed by atoms with Gasteiger partial charge in [0.25, 0.3) is 5.91 Å². The highest BCUT2D eigenvalue weighted by Crippen LogP contribution is 2.38. The normalized spacial score (nSPS) is 18.8. The van der Waals surface area contributed by atoms with E-state index in [1.165, 1.54) is 0 Å². The van der Waals surface area contributed by atoms with Crippen LogP contribution in [0.4, 0.5) is 0 Å². The Bertz CT molecular complexity index is 706. The maximum Gasteiger partial charge on any atom is 0.311 e. The zero-order valence-corrected chi connectivity index (χ0v) is 18.0. The highest BCUT2D eigenvalue weighted by atomic mass is 16.5. The molecule has 1 aliphatic heterocycles. The molecule has 1 N–H and O–H groups in total. The van der Waals surface area contributed by atoms with Crippen molar-refractivity contribution in [2.45, 2.75) is 38.6 Å². The van der Waals surface area contributed by atoms with Crippen LogP contribution in [0.25, 0.3) is 0 Å². The number of esters is 1. The van der Waals surface area contributed by atoms with Gasteiger partial charge in [-0.1, -0.05) is 25.5 Å². The lowest BCUT2D eigenvalue weighted by Crippen LogP contribution is -2.46. The molecule has 1 aromatic carbocycles. The first kappa shape index (κ1) is 23.7. The Labute approximate surface area is 177 Å². The summed E-state index contributed by atoms with van der Waals surface area (Å²) in [5.74, 6) is -0.638. The zero-order chi connectivity index (χ0) is 21.9. The number of hydrogen-bond donors (Lipinski definition) is 1. The van der Waals surface area contributed by atoms with Gasteiger partial charge in [-0.25, -0.2) is 0 Å². The Kier molecular flexibility index (Phi) is 9.60. The van der Waals surface area contributed by atoms with Crippen LogP contribution in [0.15, 0.2) is 24.3 Å². The molecule has 0 radical (unpaired) electrons. The lowest BCUT2D eigenvalue weighted by molar-refractivity contribution is -0.159. The van der Waals surface area contributed by atoms with Crippen molar-refractivity contribution in [2.75, 3.05) is 40.5 Å². The van der Waals surface area contributed by atoms with Crippen LogP contribution in [-0.2, 0) is 23.9 Å². The van der Waals surface area contributed by atoms with Gasteiger partial charge < -0.3 is 24.4 Å². The number of methoxy groups -OCH3 is 2. The minimum Gasteiger partial charge on any atom is -0.497 e. The molecule has 2 amide bonds. The second kappa shape index (κ2) is 12.2. The number of ether oxygens (including phenoxy) is 3. The lowest BCUT2D eigenvalue weighted by Gasteiger charge is -2.40. The van der Waals surface area contributed by atoms with Gasteiger partial charge in [0.15, 0.2) is 6.61 Å². The first-order valence-electron chi connectivity index (χ1n) is 10.4. The number of benzene rings is 1. The summed E-state index contributed by atoms with van der Waals surface area (Å²) in [6, 6.07) is 6.96. The zero-order valence-electron chi connectivity index (χ0n) is 18.0. The van der Waals surface area contributed by atoms with Crippen molar-refractivity contribution in [1.82, 2.24) is 10.2 Å². The van der Waals surface area contributed by atoms with Gasteiger partial charge in [0.2, 0.25) is 5.91 Å². The molecule has 1 saturated heterocycles. The van der Waals surface area contributed by atoms with Gasteiger partial charge in [-0.3, -0.25) is 14.4 Å². The highest BCUT2D eigenvalue weighted by Gasteiger charge is 2.41. The second-order valence-electron chi connectivity index (χ2n) is 7.25. The molecular weight excluding hydrogens is 388 g/mol. The topological polar surface area (TPSA) is 94.2 Å². The maximum absolute atomic E-state index is 12.9. The van der Waals surface area contributed by atoms with E-state index in [-0.39, 0.29) is 24.8 Å². The molecule has 0 bridgehead atoms. The third-order valence-corrected chi connectivity index (χ3v) is 5.19. The summed E-state index contributed by atoms with van der Waals surface area (Å²) in [7, 11) is 3.13. The summed E-state index contributed by atoms with van der Waals surface area (Å²) in [6.45, 7) is 3.02. The van der Waals surface area contributed by atoms with Crippen LogP contribution in [0.3, 0.4) is 0 Å². The van der Waals surface area contributed by atoms with E-state index in [9.17, 15) is 14.4 Å². The number of carbonyl (C=O) groups is 3. The van der Waals surface area contributed by atoms with Crippen molar-refractivity contribution in [3.63, 3.8) is 0 Å². The van der Waals surface area contributed by atoms with Gasteiger partial charge >= 0.3 is 5.97 Å². The highest BCUT2D eigenvalue weighted by molar-refractivity contribution is 5.84. The summed E-state index contributed by atoms with van der Waals surface area (Å²) in [5.41, 5.74) is 0.853. The van der Waals surface area contributed by atoms with Gasteiger partial charge in [-0.05, 0) is 30.5 Å². The molecular formula is C22H32N2O6. The monoisotopic (exact) mass is 420 g/mol. The molecule has 1 heterocycles. The molecule has 0 aliphatic carbocycles. The summed E-state index contributed by atoms with van der Waals surface area (Å²) in [4.78, 5) is 39.2. The van der Waals surface area contributed by atoms with E-state index in [0.717, 1.165) is 18.4 Å². The van der Waals surface area contributed by atoms with E-state index in [2.05, 4.69) is 12.2 Å². The molecule has 2 rings (SSSR count). The van der Waals surface area contributed by atoms with E-state index in [0.29, 0.717) is 31.9 Å². The Balaban J connectivity index is 2.15. The summed E-state index contributed by atoms with van der Waals surface area (Å²) < 4.78 is 15.4. The fourth-order valence-corrected chi connectivity index (χ4v) is 3.59. The quantitative estimate of drug-likeness (QED) is 0.435. The van der Waals surface area contributed by atoms with E-state index >= 15 is 0 Å². The molecule has 0 spiro atoms. The van der Waals surface area contributed by atoms with Crippen molar-refractivity contribution < 1.29 is 28.6 Å². The van der Waals surface area contributed by atoms with E-state index in [1.54, 1.807) is 19.1 Å². The number of unbranched alkanes of at least 4 members (excludes halogenated alkanes) is 1. The number of hydrogen-bond acceptors (Lipinski definition) is 6. The van der Waals surface area contributed by atoms with Gasteiger partial charge in [0.05, 0.1) is 25.7 Å². The molecule has 1 aliphatic rings. The minimum absolute atomic E-state index is 0.0330. The summed E-state index contributed by atoms with van der Waals surface area (Å²) in [6.07, 6.45) is 2.47. The summed E-state index contributed by atoms with van der Waals surface area (Å²) >= 11 is 0. The molecule has 8 nitrogen and oxygen atoms in total. The number of rotatable bonds is 11. The number of likely N-dealkylation sites (tertiary alicyclic amines) is 1. The average Bonchev–Trinajstić information content (AvgIpc) is 2.76. The summed E-state index contributed by atoms with van der Waals surface area (Å²) in [5, 5.41) is 2.62. The lowest BCUT2D eigenvalue weighted by atomic mass is 9.84. The molecule has 30 heavy (non-hydrogen) atoms. The van der Waals surface area contributed by atoms with E-state index in [1.807, 2.05) is 24.3 Å². The fourth-order valence-electron chi connectivity index (χ4n) is 3.59. The molecule has 1 aromatic rings. The number of piperidine rings is 1. The van der Waals surface area contributed by atoms with Crippen molar-refractivity contribution in [3.05, 3.63) is 29.8 Å². The molecule has 0 unspecified atom stereocenters. The van der Waals surface area contributed by atoms with Crippen LogP contribution in [-0.4, -0.2) is 63.2 Å². The average molecular weight is 421 g/mol. The number of amides is 2. The standard InChI is InChI=1S/C22H32N2O6/c1-4-5-13-24-20(26)11-10-18(21(24)16-6-8-17(29-3)9-7-16)22(27)30-15-19(25)23-12-14-28-2/h6-9,18,21H,4-5,10-15H2,1-3H3,(H,23,25)/t18-,21+/m1/s1. The van der Waals surface area contributed by atoms with Crippen LogP contribution in [0.5, 0.6) is 5.75 Å². The third-order valence-electron chi connectivity index (χ3n) is 5.19. The Morgan fingerprint density at radius 1 is 1.20 bits per heavy atom. The second-order valence-corrected chi connectivity index (χ2v) is 7.25. The van der Waals surface area contributed by atoms with Gasteiger partial charge in [-0.2, -0.15) is 0 Å². The van der Waals surface area contributed by atoms with Gasteiger partial charge in [0, 0.05) is 26.6 Å². The van der Waals surface area contributed by atoms with Crippen LogP contribution in [0, 0.1) is 5.92 Å². The molecule has 166 valence electrons. The van der Waals surface area contributed by atoms with E-state index in [4.69, 9.17) is 14.2 Å². The van der Waals surface area contributed by atoms with Crippen molar-refractivity contribution in [3.8, 4) is 5.75 Å². The number of nitrogens with zero attached hydrogens (tertiary/aromatic N) is 1. The van der Waals surface area contributed by atoms with Crippen LogP contribution < -0.4 is 10.1 Å². The first-order chi connectivity index (χ1) is 14.5. The van der Waals surface area contributed by atoms with E-state index < -0.39 is 17.9 Å². The Morgan fingerprint density at radius 2 is 1.93 bits per heavy atom. The van der Waals surface area contributed by atoms with Crippen LogP contribution >= 0.6 is 0 Å². The number of carbonyl (C=O) groups excluding carboxylic acids is 3. The predicted molar refractivity (Wildman–Crippen MR) is 111 cm³/mol. The first-order valence-corrected chi connectivity index (χ1v) is 10.4. The smallest absolute Gasteiger partial charge is 0.311 e. The van der Waals surface area contributed by atoms with Gasteiger partial charge in [-0.15, -0.1) is 0 Å². The van der Waals surface area contributed by atoms with Crippen molar-refractivity contribution in [2.24, 2.45) is 5.92 Å². The maximum atomic E-state index is 12.9. The Morgan fingerprint density at radius 3 is 2.57 bits per heavy atom. The number of nitrogens with one attached hydrogen (secondary N) is 1. The molecule has 1 fully saturated rings. The predicted octanol–water partition coefficient (Wildman–Crippen LogP) is 2.08. The molecule has 0 aromatic heterocycles. The fraction of sp³-hybridized carbons (Fsp3) is 0.591. The van der Waals surface area contributed by atoms with Crippen LogP contribution in [0.2, 0.25) is 0 Å². The minimum atomic E-state index is -0.528. The van der Waals surface area contributed by atoms with Crippen molar-refractivity contribution >= 4 is 17.8 Å². The molecule has 8 heteroatoms. The molecule has 0 saturated carbocycles. The van der Waals surface area contributed by atoms with Crippen molar-refractivity contribution in [1.29, 1.82) is 0 Å². The molecule has 2 atom stereocenters. The van der Waals surface area contributed by atoms with Gasteiger partial charge in [0.1, 0.15) is 5.75 Å².